The molecule has 1 aliphatic rings. The van der Waals surface area contributed by atoms with Crippen LogP contribution in [0.4, 0.5) is 0 Å². The number of benzene rings is 2. The molecule has 0 bridgehead atoms. The fourth-order valence-electron chi connectivity index (χ4n) is 2.90. The fourth-order valence-corrected chi connectivity index (χ4v) is 2.90. The molecule has 0 radical (unpaired) electrons. The number of carbonyl (C=O) groups excluding carboxylic acids is 1. The first kappa shape index (κ1) is 13.7. The molecule has 1 atom stereocenters. The van der Waals surface area contributed by atoms with Gasteiger partial charge in [0.25, 0.3) is 0 Å². The van der Waals surface area contributed by atoms with Crippen molar-refractivity contribution in [3.63, 3.8) is 0 Å². The van der Waals surface area contributed by atoms with Gasteiger partial charge in [0.1, 0.15) is 11.5 Å². The summed E-state index contributed by atoms with van der Waals surface area (Å²) in [5.74, 6) is 1.65. The number of methoxy groups -OCH3 is 2. The van der Waals surface area contributed by atoms with E-state index in [1.54, 1.807) is 14.2 Å². The van der Waals surface area contributed by atoms with Crippen LogP contribution in [-0.2, 0) is 6.42 Å². The van der Waals surface area contributed by atoms with Crippen LogP contribution in [0.2, 0.25) is 0 Å². The quantitative estimate of drug-likeness (QED) is 0.862. The third-order valence-electron chi connectivity index (χ3n) is 4.12. The van der Waals surface area contributed by atoms with Crippen molar-refractivity contribution in [1.29, 1.82) is 0 Å². The lowest BCUT2D eigenvalue weighted by Gasteiger charge is -2.24. The molecule has 0 fully saturated rings. The van der Waals surface area contributed by atoms with Gasteiger partial charge in [-0.05, 0) is 48.2 Å². The summed E-state index contributed by atoms with van der Waals surface area (Å²) in [5, 5.41) is 0. The number of hydrogen-bond donors (Lipinski definition) is 0. The van der Waals surface area contributed by atoms with Gasteiger partial charge in [0.2, 0.25) is 0 Å². The van der Waals surface area contributed by atoms with E-state index in [1.165, 1.54) is 0 Å². The van der Waals surface area contributed by atoms with Gasteiger partial charge in [0.15, 0.2) is 5.78 Å². The Balaban J connectivity index is 1.93. The topological polar surface area (TPSA) is 35.5 Å². The molecule has 0 saturated carbocycles. The van der Waals surface area contributed by atoms with Crippen LogP contribution >= 0.6 is 0 Å². The molecule has 0 amide bonds. The zero-order valence-electron chi connectivity index (χ0n) is 12.3. The van der Waals surface area contributed by atoms with Gasteiger partial charge >= 0.3 is 0 Å². The Kier molecular flexibility index (Phi) is 3.65. The number of Topliss-reactive ketones (excluding diaryl/α,β-unsaturated/α-hetero) is 1. The van der Waals surface area contributed by atoms with Crippen LogP contribution in [0.25, 0.3) is 0 Å². The summed E-state index contributed by atoms with van der Waals surface area (Å²) < 4.78 is 10.4. The third kappa shape index (κ3) is 2.51. The summed E-state index contributed by atoms with van der Waals surface area (Å²) in [6.45, 7) is 0. The summed E-state index contributed by atoms with van der Waals surface area (Å²) in [4.78, 5) is 12.8. The second-order valence-electron chi connectivity index (χ2n) is 5.25. The standard InChI is InChI=1S/C18H18O3/c1-20-14-7-3-12(4-8-14)16-10-6-13-5-9-15(21-2)11-17(13)18(16)19/h3-5,7-9,11,16H,6,10H2,1-2H3. The number of ether oxygens (including phenoxy) is 2. The van der Waals surface area contributed by atoms with Crippen LogP contribution in [0.15, 0.2) is 42.5 Å². The van der Waals surface area contributed by atoms with E-state index in [-0.39, 0.29) is 11.7 Å². The molecule has 3 nitrogen and oxygen atoms in total. The molecule has 0 saturated heterocycles. The van der Waals surface area contributed by atoms with Crippen LogP contribution < -0.4 is 9.47 Å². The van der Waals surface area contributed by atoms with Gasteiger partial charge in [-0.1, -0.05) is 18.2 Å². The third-order valence-corrected chi connectivity index (χ3v) is 4.12. The smallest absolute Gasteiger partial charge is 0.170 e. The van der Waals surface area contributed by atoms with Crippen molar-refractivity contribution in [3.05, 3.63) is 59.2 Å². The van der Waals surface area contributed by atoms with Gasteiger partial charge in [-0.3, -0.25) is 4.79 Å². The highest BCUT2D eigenvalue weighted by Crippen LogP contribution is 2.34. The molecule has 0 N–H and O–H groups in total. The Labute approximate surface area is 124 Å². The largest absolute Gasteiger partial charge is 0.497 e. The van der Waals surface area contributed by atoms with Crippen molar-refractivity contribution >= 4 is 5.78 Å². The maximum Gasteiger partial charge on any atom is 0.170 e. The lowest BCUT2D eigenvalue weighted by Crippen LogP contribution is -2.21. The first-order valence-electron chi connectivity index (χ1n) is 7.08. The van der Waals surface area contributed by atoms with Gasteiger partial charge in [-0.2, -0.15) is 0 Å². The average Bonchev–Trinajstić information content (AvgIpc) is 2.55. The van der Waals surface area contributed by atoms with E-state index in [4.69, 9.17) is 9.47 Å². The zero-order chi connectivity index (χ0) is 14.8. The van der Waals surface area contributed by atoms with Crippen molar-refractivity contribution in [3.8, 4) is 11.5 Å². The SMILES string of the molecule is COc1ccc(C2CCc3ccc(OC)cc3C2=O)cc1. The molecule has 1 aliphatic carbocycles. The van der Waals surface area contributed by atoms with Crippen molar-refractivity contribution in [2.45, 2.75) is 18.8 Å². The molecular formula is C18H18O3. The normalized spacial score (nSPS) is 17.2. The van der Waals surface area contributed by atoms with Crippen LogP contribution in [0, 0.1) is 0 Å². The van der Waals surface area contributed by atoms with Gasteiger partial charge in [0.05, 0.1) is 14.2 Å². The molecule has 0 aromatic heterocycles. The predicted molar refractivity (Wildman–Crippen MR) is 81.4 cm³/mol. The van der Waals surface area contributed by atoms with Gasteiger partial charge < -0.3 is 9.47 Å². The molecule has 2 aromatic carbocycles. The van der Waals surface area contributed by atoms with Crippen LogP contribution in [0.3, 0.4) is 0 Å². The maximum absolute atomic E-state index is 12.8. The molecule has 3 rings (SSSR count). The van der Waals surface area contributed by atoms with Crippen molar-refractivity contribution < 1.29 is 14.3 Å². The van der Waals surface area contributed by atoms with Crippen LogP contribution in [-0.4, -0.2) is 20.0 Å². The Morgan fingerprint density at radius 3 is 2.29 bits per heavy atom. The molecule has 21 heavy (non-hydrogen) atoms. The highest BCUT2D eigenvalue weighted by atomic mass is 16.5. The molecule has 108 valence electrons. The lowest BCUT2D eigenvalue weighted by molar-refractivity contribution is 0.0945. The zero-order valence-corrected chi connectivity index (χ0v) is 12.3. The average molecular weight is 282 g/mol. The summed E-state index contributed by atoms with van der Waals surface area (Å²) in [6, 6.07) is 13.5. The molecule has 2 aromatic rings. The number of rotatable bonds is 3. The number of hydrogen-bond acceptors (Lipinski definition) is 3. The van der Waals surface area contributed by atoms with E-state index in [0.717, 1.165) is 41.0 Å². The van der Waals surface area contributed by atoms with Crippen molar-refractivity contribution in [2.75, 3.05) is 14.2 Å². The number of aryl methyl sites for hydroxylation is 1. The molecule has 0 spiro atoms. The minimum absolute atomic E-state index is 0.0736. The summed E-state index contributed by atoms with van der Waals surface area (Å²) in [7, 11) is 3.26. The first-order chi connectivity index (χ1) is 10.2. The van der Waals surface area contributed by atoms with Crippen molar-refractivity contribution in [2.24, 2.45) is 0 Å². The first-order valence-corrected chi connectivity index (χ1v) is 7.08. The highest BCUT2D eigenvalue weighted by Gasteiger charge is 2.28. The van der Waals surface area contributed by atoms with Gasteiger partial charge in [0, 0.05) is 11.5 Å². The second-order valence-corrected chi connectivity index (χ2v) is 5.25. The minimum Gasteiger partial charge on any atom is -0.497 e. The molecule has 0 heterocycles. The number of fused-ring (bicyclic) bond motifs is 1. The highest BCUT2D eigenvalue weighted by molar-refractivity contribution is 6.03. The van der Waals surface area contributed by atoms with E-state index in [1.807, 2.05) is 42.5 Å². The van der Waals surface area contributed by atoms with E-state index in [2.05, 4.69) is 0 Å². The second kappa shape index (κ2) is 5.60. The Hall–Kier alpha value is -2.29. The molecular weight excluding hydrogens is 264 g/mol. The Morgan fingerprint density at radius 1 is 0.952 bits per heavy atom. The van der Waals surface area contributed by atoms with Gasteiger partial charge in [-0.15, -0.1) is 0 Å². The Bertz CT molecular complexity index is 659. The van der Waals surface area contributed by atoms with Crippen molar-refractivity contribution in [1.82, 2.24) is 0 Å². The maximum atomic E-state index is 12.8. The molecule has 1 unspecified atom stereocenters. The van der Waals surface area contributed by atoms with E-state index in [9.17, 15) is 4.79 Å². The summed E-state index contributed by atoms with van der Waals surface area (Å²) in [6.07, 6.45) is 1.77. The number of carbonyl (C=O) groups is 1. The van der Waals surface area contributed by atoms with E-state index in [0.29, 0.717) is 0 Å². The molecule has 0 aliphatic heterocycles. The van der Waals surface area contributed by atoms with Crippen LogP contribution in [0.5, 0.6) is 11.5 Å². The lowest BCUT2D eigenvalue weighted by atomic mass is 9.79. The number of ketones is 1. The summed E-state index contributed by atoms with van der Waals surface area (Å²) in [5.41, 5.74) is 2.96. The van der Waals surface area contributed by atoms with Gasteiger partial charge in [-0.25, -0.2) is 0 Å². The predicted octanol–water partition coefficient (Wildman–Crippen LogP) is 3.62. The Morgan fingerprint density at radius 2 is 1.62 bits per heavy atom. The minimum atomic E-state index is -0.0736. The summed E-state index contributed by atoms with van der Waals surface area (Å²) >= 11 is 0. The monoisotopic (exact) mass is 282 g/mol. The fraction of sp³-hybridized carbons (Fsp3) is 0.278. The van der Waals surface area contributed by atoms with E-state index >= 15 is 0 Å². The molecule has 3 heteroatoms. The van der Waals surface area contributed by atoms with E-state index < -0.39 is 0 Å². The van der Waals surface area contributed by atoms with Crippen LogP contribution in [0.1, 0.15) is 33.8 Å².